The molecule has 2 aromatic rings. The molecule has 0 atom stereocenters. The SMILES string of the molecule is CNS(=O)(=O)c1ccc(C(=O)NCCCc2ccnc(C(C)(C)C)n2)o1. The van der Waals surface area contributed by atoms with Crippen molar-refractivity contribution in [3.05, 3.63) is 41.7 Å². The van der Waals surface area contributed by atoms with E-state index in [0.29, 0.717) is 19.4 Å². The van der Waals surface area contributed by atoms with Crippen molar-refractivity contribution in [2.75, 3.05) is 13.6 Å². The molecule has 0 aliphatic heterocycles. The van der Waals surface area contributed by atoms with Crippen LogP contribution in [-0.2, 0) is 21.9 Å². The van der Waals surface area contributed by atoms with E-state index >= 15 is 0 Å². The zero-order chi connectivity index (χ0) is 19.4. The van der Waals surface area contributed by atoms with Gasteiger partial charge in [-0.1, -0.05) is 20.8 Å². The summed E-state index contributed by atoms with van der Waals surface area (Å²) in [6.45, 7) is 6.58. The van der Waals surface area contributed by atoms with Crippen LogP contribution in [0.1, 0.15) is 49.3 Å². The van der Waals surface area contributed by atoms with Gasteiger partial charge in [0.1, 0.15) is 5.82 Å². The molecule has 0 radical (unpaired) electrons. The Morgan fingerprint density at radius 1 is 1.23 bits per heavy atom. The lowest BCUT2D eigenvalue weighted by Gasteiger charge is -2.16. The van der Waals surface area contributed by atoms with Crippen LogP contribution in [0.4, 0.5) is 0 Å². The van der Waals surface area contributed by atoms with E-state index in [0.717, 1.165) is 11.5 Å². The molecule has 0 aliphatic rings. The standard InChI is InChI=1S/C17H24N4O4S/c1-17(2,3)16-20-11-9-12(21-16)6-5-10-19-15(22)13-7-8-14(25-13)26(23,24)18-4/h7-9,11,18H,5-6,10H2,1-4H3,(H,19,22). The first kappa shape index (κ1) is 20.1. The van der Waals surface area contributed by atoms with Crippen molar-refractivity contribution in [1.29, 1.82) is 0 Å². The Morgan fingerprint density at radius 3 is 2.62 bits per heavy atom. The third kappa shape index (κ3) is 5.12. The highest BCUT2D eigenvalue weighted by molar-refractivity contribution is 7.89. The molecule has 0 aliphatic carbocycles. The van der Waals surface area contributed by atoms with E-state index in [1.165, 1.54) is 19.2 Å². The fourth-order valence-corrected chi connectivity index (χ4v) is 2.79. The Bertz CT molecular complexity index is 869. The zero-order valence-corrected chi connectivity index (χ0v) is 16.2. The average molecular weight is 380 g/mol. The summed E-state index contributed by atoms with van der Waals surface area (Å²) in [6.07, 6.45) is 3.13. The van der Waals surface area contributed by atoms with Gasteiger partial charge in [-0.15, -0.1) is 0 Å². The van der Waals surface area contributed by atoms with Crippen LogP contribution < -0.4 is 10.0 Å². The maximum Gasteiger partial charge on any atom is 0.287 e. The quantitative estimate of drug-likeness (QED) is 0.706. The Labute approximate surface area is 153 Å². The van der Waals surface area contributed by atoms with Gasteiger partial charge in [-0.3, -0.25) is 4.79 Å². The van der Waals surface area contributed by atoms with E-state index in [-0.39, 0.29) is 16.3 Å². The molecule has 26 heavy (non-hydrogen) atoms. The second kappa shape index (κ2) is 7.96. The largest absolute Gasteiger partial charge is 0.438 e. The number of hydrogen-bond donors (Lipinski definition) is 2. The summed E-state index contributed by atoms with van der Waals surface area (Å²) in [5.74, 6) is 0.282. The van der Waals surface area contributed by atoms with Gasteiger partial charge in [-0.25, -0.2) is 23.1 Å². The third-order valence-electron chi connectivity index (χ3n) is 3.62. The van der Waals surface area contributed by atoms with E-state index in [1.54, 1.807) is 6.20 Å². The first-order valence-electron chi connectivity index (χ1n) is 8.27. The monoisotopic (exact) mass is 380 g/mol. The Kier molecular flexibility index (Phi) is 6.14. The van der Waals surface area contributed by atoms with Crippen LogP contribution in [0, 0.1) is 0 Å². The van der Waals surface area contributed by atoms with Gasteiger partial charge in [0, 0.05) is 23.9 Å². The number of rotatable bonds is 7. The van der Waals surface area contributed by atoms with Gasteiger partial charge in [0.15, 0.2) is 5.76 Å². The van der Waals surface area contributed by atoms with Gasteiger partial charge in [0.25, 0.3) is 15.9 Å². The Morgan fingerprint density at radius 2 is 1.96 bits per heavy atom. The van der Waals surface area contributed by atoms with Crippen molar-refractivity contribution in [3.63, 3.8) is 0 Å². The minimum Gasteiger partial charge on any atom is -0.438 e. The fraction of sp³-hybridized carbons (Fsp3) is 0.471. The molecule has 0 saturated heterocycles. The lowest BCUT2D eigenvalue weighted by molar-refractivity contribution is 0.0920. The minimum atomic E-state index is -3.70. The molecule has 9 heteroatoms. The number of carbonyl (C=O) groups excluding carboxylic acids is 1. The van der Waals surface area contributed by atoms with Crippen LogP contribution >= 0.6 is 0 Å². The lowest BCUT2D eigenvalue weighted by atomic mass is 9.95. The maximum atomic E-state index is 12.0. The number of hydrogen-bond acceptors (Lipinski definition) is 6. The molecule has 0 unspecified atom stereocenters. The minimum absolute atomic E-state index is 0.0455. The van der Waals surface area contributed by atoms with Gasteiger partial charge in [-0.05, 0) is 38.1 Å². The summed E-state index contributed by atoms with van der Waals surface area (Å²) in [6, 6.07) is 4.44. The maximum absolute atomic E-state index is 12.0. The van der Waals surface area contributed by atoms with Gasteiger partial charge < -0.3 is 9.73 Å². The van der Waals surface area contributed by atoms with E-state index in [4.69, 9.17) is 4.42 Å². The predicted molar refractivity (Wildman–Crippen MR) is 96.3 cm³/mol. The molecule has 142 valence electrons. The third-order valence-corrected chi connectivity index (χ3v) is 4.90. The highest BCUT2D eigenvalue weighted by Crippen LogP contribution is 2.18. The Hall–Kier alpha value is -2.26. The summed E-state index contributed by atoms with van der Waals surface area (Å²) in [5, 5.41) is 2.41. The van der Waals surface area contributed by atoms with E-state index in [9.17, 15) is 13.2 Å². The van der Waals surface area contributed by atoms with Crippen molar-refractivity contribution in [2.45, 2.75) is 44.1 Å². The molecule has 8 nitrogen and oxygen atoms in total. The molecular weight excluding hydrogens is 356 g/mol. The number of sulfonamides is 1. The van der Waals surface area contributed by atoms with Crippen molar-refractivity contribution in [3.8, 4) is 0 Å². The first-order valence-corrected chi connectivity index (χ1v) is 9.76. The van der Waals surface area contributed by atoms with Gasteiger partial charge in [-0.2, -0.15) is 0 Å². The summed E-state index contributed by atoms with van der Waals surface area (Å²) < 4.78 is 30.4. The molecular formula is C17H24N4O4S. The van der Waals surface area contributed by atoms with Crippen LogP contribution in [0.3, 0.4) is 0 Å². The molecule has 0 fully saturated rings. The van der Waals surface area contributed by atoms with Crippen molar-refractivity contribution in [2.24, 2.45) is 0 Å². The molecule has 2 rings (SSSR count). The second-order valence-electron chi connectivity index (χ2n) is 6.81. The van der Waals surface area contributed by atoms with E-state index in [2.05, 4.69) is 40.8 Å². The van der Waals surface area contributed by atoms with Crippen LogP contribution in [0.2, 0.25) is 0 Å². The van der Waals surface area contributed by atoms with Crippen LogP contribution in [0.15, 0.2) is 33.9 Å². The summed E-state index contributed by atoms with van der Waals surface area (Å²) in [4.78, 5) is 20.9. The molecule has 2 N–H and O–H groups in total. The van der Waals surface area contributed by atoms with Gasteiger partial charge >= 0.3 is 0 Å². The molecule has 0 aromatic carbocycles. The summed E-state index contributed by atoms with van der Waals surface area (Å²) >= 11 is 0. The molecule has 2 aromatic heterocycles. The number of carbonyl (C=O) groups is 1. The van der Waals surface area contributed by atoms with Crippen LogP contribution in [0.5, 0.6) is 0 Å². The highest BCUT2D eigenvalue weighted by Gasteiger charge is 2.19. The zero-order valence-electron chi connectivity index (χ0n) is 15.4. The van der Waals surface area contributed by atoms with E-state index < -0.39 is 15.9 Å². The normalized spacial score (nSPS) is 12.2. The fourth-order valence-electron chi connectivity index (χ4n) is 2.14. The number of amides is 1. The summed E-state index contributed by atoms with van der Waals surface area (Å²) in [5.41, 5.74) is 0.800. The number of aryl methyl sites for hydroxylation is 1. The average Bonchev–Trinajstić information content (AvgIpc) is 3.09. The molecule has 0 spiro atoms. The van der Waals surface area contributed by atoms with Crippen molar-refractivity contribution >= 4 is 15.9 Å². The lowest BCUT2D eigenvalue weighted by Crippen LogP contribution is -2.24. The molecule has 0 bridgehead atoms. The number of nitrogens with one attached hydrogen (secondary N) is 2. The second-order valence-corrected chi connectivity index (χ2v) is 8.62. The first-order chi connectivity index (χ1) is 12.1. The predicted octanol–water partition coefficient (Wildman–Crippen LogP) is 1.64. The van der Waals surface area contributed by atoms with Crippen LogP contribution in [-0.4, -0.2) is 37.9 Å². The van der Waals surface area contributed by atoms with Crippen LogP contribution in [0.25, 0.3) is 0 Å². The molecule has 0 saturated carbocycles. The topological polar surface area (TPSA) is 114 Å². The van der Waals surface area contributed by atoms with Gasteiger partial charge in [0.2, 0.25) is 5.09 Å². The highest BCUT2D eigenvalue weighted by atomic mass is 32.2. The molecule has 1 amide bonds. The Balaban J connectivity index is 1.86. The summed E-state index contributed by atoms with van der Waals surface area (Å²) in [7, 11) is -2.43. The van der Waals surface area contributed by atoms with Crippen molar-refractivity contribution in [1.82, 2.24) is 20.0 Å². The number of nitrogens with zero attached hydrogens (tertiary/aromatic N) is 2. The number of aromatic nitrogens is 2. The molecule has 2 heterocycles. The smallest absolute Gasteiger partial charge is 0.287 e. The number of furan rings is 1. The van der Waals surface area contributed by atoms with E-state index in [1.807, 2.05) is 6.07 Å². The van der Waals surface area contributed by atoms with Gasteiger partial charge in [0.05, 0.1) is 0 Å². The van der Waals surface area contributed by atoms with Crippen molar-refractivity contribution < 1.29 is 17.6 Å².